The van der Waals surface area contributed by atoms with Crippen molar-refractivity contribution in [2.75, 3.05) is 46.2 Å². The van der Waals surface area contributed by atoms with Gasteiger partial charge < -0.3 is 14.2 Å². The molecule has 1 N–H and O–H groups in total. The summed E-state index contributed by atoms with van der Waals surface area (Å²) in [6.07, 6.45) is 0.374. The van der Waals surface area contributed by atoms with Gasteiger partial charge in [-0.25, -0.2) is 0 Å². The Labute approximate surface area is 147 Å². The molecule has 0 saturated heterocycles. The molecule has 1 rings (SSSR count). The maximum atomic E-state index is 11.3. The molecule has 0 heterocycles. The van der Waals surface area contributed by atoms with Gasteiger partial charge in [-0.1, -0.05) is 22.8 Å². The van der Waals surface area contributed by atoms with E-state index in [0.29, 0.717) is 58.2 Å². The minimum atomic E-state index is -4.24. The van der Waals surface area contributed by atoms with Gasteiger partial charge in [-0.2, -0.15) is 8.42 Å². The third-order valence-electron chi connectivity index (χ3n) is 3.15. The number of azide groups is 1. The molecule has 0 fully saturated rings. The van der Waals surface area contributed by atoms with Crippen LogP contribution < -0.4 is 0 Å². The van der Waals surface area contributed by atoms with E-state index in [1.54, 1.807) is 12.1 Å². The van der Waals surface area contributed by atoms with Gasteiger partial charge in [0.15, 0.2) is 0 Å². The molecule has 0 unspecified atom stereocenters. The number of nitrogens with zero attached hydrogens (tertiary/aromatic N) is 3. The molecule has 0 atom stereocenters. The van der Waals surface area contributed by atoms with E-state index in [9.17, 15) is 13.0 Å². The van der Waals surface area contributed by atoms with Gasteiger partial charge in [0.2, 0.25) is 0 Å². The standard InChI is InChI=1S/C15H23N3O6S/c1-13-2-3-15(25(19,20)21)14(12-13)4-6-22-8-10-24-11-9-23-7-5-17-18-16/h2-3,12H,4-11H2,1H3,(H,19,20,21). The molecule has 0 spiro atoms. The van der Waals surface area contributed by atoms with Crippen molar-refractivity contribution in [1.82, 2.24) is 0 Å². The van der Waals surface area contributed by atoms with E-state index in [1.165, 1.54) is 6.07 Å². The first-order chi connectivity index (χ1) is 11.9. The molecular formula is C15H23N3O6S. The van der Waals surface area contributed by atoms with Crippen LogP contribution in [-0.4, -0.2) is 59.2 Å². The second-order valence-electron chi connectivity index (χ2n) is 5.13. The highest BCUT2D eigenvalue weighted by atomic mass is 32.2. The minimum Gasteiger partial charge on any atom is -0.379 e. The Hall–Kier alpha value is -1.68. The van der Waals surface area contributed by atoms with Gasteiger partial charge in [0.1, 0.15) is 0 Å². The van der Waals surface area contributed by atoms with Gasteiger partial charge >= 0.3 is 0 Å². The molecule has 0 aliphatic rings. The van der Waals surface area contributed by atoms with Crippen LogP contribution in [0.5, 0.6) is 0 Å². The van der Waals surface area contributed by atoms with E-state index in [4.69, 9.17) is 19.7 Å². The van der Waals surface area contributed by atoms with Crippen molar-refractivity contribution < 1.29 is 27.2 Å². The fourth-order valence-corrected chi connectivity index (χ4v) is 2.76. The Morgan fingerprint density at radius 1 is 1.08 bits per heavy atom. The maximum absolute atomic E-state index is 11.3. The second-order valence-corrected chi connectivity index (χ2v) is 6.52. The monoisotopic (exact) mass is 373 g/mol. The molecule has 0 saturated carbocycles. The molecule has 25 heavy (non-hydrogen) atoms. The first-order valence-electron chi connectivity index (χ1n) is 7.76. The van der Waals surface area contributed by atoms with Gasteiger partial charge in [0, 0.05) is 11.5 Å². The topological polar surface area (TPSA) is 131 Å². The molecule has 140 valence electrons. The van der Waals surface area contributed by atoms with Crippen molar-refractivity contribution in [3.8, 4) is 0 Å². The van der Waals surface area contributed by atoms with Crippen LogP contribution in [0.15, 0.2) is 28.2 Å². The second kappa shape index (κ2) is 11.8. The molecule has 0 bridgehead atoms. The van der Waals surface area contributed by atoms with Crippen LogP contribution in [0.1, 0.15) is 11.1 Å². The summed E-state index contributed by atoms with van der Waals surface area (Å²) in [6, 6.07) is 4.75. The van der Waals surface area contributed by atoms with Gasteiger partial charge in [-0.05, 0) is 30.5 Å². The molecule has 1 aromatic rings. The van der Waals surface area contributed by atoms with Crippen molar-refractivity contribution >= 4 is 10.1 Å². The Bertz CT molecular complexity index is 674. The van der Waals surface area contributed by atoms with Crippen LogP contribution in [0.4, 0.5) is 0 Å². The molecule has 0 aliphatic heterocycles. The molecule has 0 amide bonds. The highest BCUT2D eigenvalue weighted by molar-refractivity contribution is 7.85. The van der Waals surface area contributed by atoms with Gasteiger partial charge in [0.05, 0.1) is 44.5 Å². The predicted octanol–water partition coefficient (Wildman–Crippen LogP) is 2.14. The fourth-order valence-electron chi connectivity index (χ4n) is 2.03. The molecule has 1 aromatic carbocycles. The molecule has 9 nitrogen and oxygen atoms in total. The Kier molecular flexibility index (Phi) is 10.1. The van der Waals surface area contributed by atoms with E-state index in [0.717, 1.165) is 5.56 Å². The van der Waals surface area contributed by atoms with E-state index in [2.05, 4.69) is 10.0 Å². The normalized spacial score (nSPS) is 11.3. The summed E-state index contributed by atoms with van der Waals surface area (Å²) in [5, 5.41) is 3.33. The first-order valence-corrected chi connectivity index (χ1v) is 9.20. The Balaban J connectivity index is 2.16. The summed E-state index contributed by atoms with van der Waals surface area (Å²) in [7, 11) is -4.24. The average Bonchev–Trinajstić information content (AvgIpc) is 2.55. The van der Waals surface area contributed by atoms with Crippen molar-refractivity contribution in [3.63, 3.8) is 0 Å². The number of benzene rings is 1. The highest BCUT2D eigenvalue weighted by Crippen LogP contribution is 2.17. The van der Waals surface area contributed by atoms with Crippen LogP contribution in [0, 0.1) is 6.92 Å². The molecular weight excluding hydrogens is 350 g/mol. The van der Waals surface area contributed by atoms with Crippen molar-refractivity contribution in [3.05, 3.63) is 39.8 Å². The van der Waals surface area contributed by atoms with Crippen molar-refractivity contribution in [2.45, 2.75) is 18.2 Å². The van der Waals surface area contributed by atoms with Crippen molar-refractivity contribution in [1.29, 1.82) is 0 Å². The SMILES string of the molecule is Cc1ccc(S(=O)(=O)O)c(CCOCCOCCOCCN=[N+]=[N-])c1. The summed E-state index contributed by atoms with van der Waals surface area (Å²) in [4.78, 5) is 2.52. The number of hydrogen-bond donors (Lipinski definition) is 1. The third kappa shape index (κ3) is 9.40. The van der Waals surface area contributed by atoms with Crippen LogP contribution in [-0.2, 0) is 30.7 Å². The summed E-state index contributed by atoms with van der Waals surface area (Å²) >= 11 is 0. The molecule has 0 radical (unpaired) electrons. The zero-order chi connectivity index (χ0) is 18.5. The Morgan fingerprint density at radius 3 is 2.28 bits per heavy atom. The maximum Gasteiger partial charge on any atom is 0.294 e. The number of rotatable bonds is 13. The predicted molar refractivity (Wildman–Crippen MR) is 91.2 cm³/mol. The summed E-state index contributed by atoms with van der Waals surface area (Å²) in [5.41, 5.74) is 9.51. The minimum absolute atomic E-state index is 0.0872. The third-order valence-corrected chi connectivity index (χ3v) is 4.11. The average molecular weight is 373 g/mol. The zero-order valence-electron chi connectivity index (χ0n) is 14.1. The lowest BCUT2D eigenvalue weighted by molar-refractivity contribution is 0.0165. The molecule has 0 aliphatic carbocycles. The van der Waals surface area contributed by atoms with E-state index in [1.807, 2.05) is 6.92 Å². The van der Waals surface area contributed by atoms with E-state index in [-0.39, 0.29) is 4.90 Å². The van der Waals surface area contributed by atoms with Crippen LogP contribution in [0.25, 0.3) is 10.4 Å². The smallest absolute Gasteiger partial charge is 0.294 e. The number of hydrogen-bond acceptors (Lipinski definition) is 6. The summed E-state index contributed by atoms with van der Waals surface area (Å²) in [6.45, 7) is 4.39. The quantitative estimate of drug-likeness (QED) is 0.185. The van der Waals surface area contributed by atoms with Gasteiger partial charge in [-0.15, -0.1) is 0 Å². The lowest BCUT2D eigenvalue weighted by Crippen LogP contribution is -2.12. The highest BCUT2D eigenvalue weighted by Gasteiger charge is 2.14. The fraction of sp³-hybridized carbons (Fsp3) is 0.600. The van der Waals surface area contributed by atoms with Crippen LogP contribution >= 0.6 is 0 Å². The van der Waals surface area contributed by atoms with Crippen LogP contribution in [0.2, 0.25) is 0 Å². The zero-order valence-corrected chi connectivity index (χ0v) is 14.9. The first kappa shape index (κ1) is 21.4. The van der Waals surface area contributed by atoms with E-state index < -0.39 is 10.1 Å². The van der Waals surface area contributed by atoms with Crippen LogP contribution in [0.3, 0.4) is 0 Å². The van der Waals surface area contributed by atoms with Gasteiger partial charge in [-0.3, -0.25) is 4.55 Å². The van der Waals surface area contributed by atoms with Gasteiger partial charge in [0.25, 0.3) is 10.1 Å². The lowest BCUT2D eigenvalue weighted by Gasteiger charge is -2.09. The summed E-state index contributed by atoms with van der Waals surface area (Å²) in [5.74, 6) is 0. The lowest BCUT2D eigenvalue weighted by atomic mass is 10.1. The Morgan fingerprint density at radius 2 is 1.68 bits per heavy atom. The number of aryl methyl sites for hydroxylation is 1. The van der Waals surface area contributed by atoms with Crippen molar-refractivity contribution in [2.24, 2.45) is 5.11 Å². The molecule has 10 heteroatoms. The van der Waals surface area contributed by atoms with E-state index >= 15 is 0 Å². The molecule has 0 aromatic heterocycles. The number of ether oxygens (including phenoxy) is 3. The summed E-state index contributed by atoms with van der Waals surface area (Å²) < 4.78 is 47.8. The largest absolute Gasteiger partial charge is 0.379 e.